The molecule has 0 atom stereocenters. The van der Waals surface area contributed by atoms with E-state index in [2.05, 4.69) is 22.0 Å². The molecule has 4 nitrogen and oxygen atoms in total. The molecular weight excluding hydrogens is 276 g/mol. The highest BCUT2D eigenvalue weighted by Crippen LogP contribution is 2.18. The van der Waals surface area contributed by atoms with Crippen LogP contribution in [0.15, 0.2) is 48.5 Å². The van der Waals surface area contributed by atoms with E-state index in [0.29, 0.717) is 17.9 Å². The van der Waals surface area contributed by atoms with Crippen LogP contribution < -0.4 is 0 Å². The van der Waals surface area contributed by atoms with Gasteiger partial charge in [0.25, 0.3) is 0 Å². The van der Waals surface area contributed by atoms with Crippen LogP contribution in [0.3, 0.4) is 0 Å². The molecule has 0 aliphatic rings. The molecule has 0 fully saturated rings. The Morgan fingerprint density at radius 1 is 1.18 bits per heavy atom. The molecule has 1 heterocycles. The second kappa shape index (κ2) is 6.15. The van der Waals surface area contributed by atoms with Crippen LogP contribution in [0.5, 0.6) is 0 Å². The van der Waals surface area contributed by atoms with Crippen molar-refractivity contribution in [3.8, 4) is 11.8 Å². The molecule has 3 aromatic rings. The quantitative estimate of drug-likeness (QED) is 0.582. The fraction of sp³-hybridized carbons (Fsp3) is 0.111. The number of esters is 1. The number of hydrogen-bond acceptors (Lipinski definition) is 3. The molecule has 0 saturated carbocycles. The molecule has 0 aliphatic carbocycles. The number of H-pyrrole nitrogens is 1. The molecule has 108 valence electrons. The number of fused-ring (bicyclic) bond motifs is 1. The number of nitrogens with one attached hydrogen (secondary N) is 1. The van der Waals surface area contributed by atoms with Gasteiger partial charge in [0.05, 0.1) is 17.7 Å². The van der Waals surface area contributed by atoms with Gasteiger partial charge >= 0.3 is 5.97 Å². The van der Waals surface area contributed by atoms with Crippen molar-refractivity contribution in [3.05, 3.63) is 65.4 Å². The number of hydrogen-bond donors (Lipinski definition) is 1. The summed E-state index contributed by atoms with van der Waals surface area (Å²) in [6, 6.07) is 14.9. The fourth-order valence-electron chi connectivity index (χ4n) is 2.10. The summed E-state index contributed by atoms with van der Waals surface area (Å²) in [7, 11) is 0. The van der Waals surface area contributed by atoms with E-state index >= 15 is 0 Å². The minimum Gasteiger partial charge on any atom is -0.462 e. The highest BCUT2D eigenvalue weighted by Gasteiger charge is 2.10. The monoisotopic (exact) mass is 290 g/mol. The zero-order valence-electron chi connectivity index (χ0n) is 12.1. The molecule has 0 bridgehead atoms. The Morgan fingerprint density at radius 2 is 2.00 bits per heavy atom. The van der Waals surface area contributed by atoms with Crippen LogP contribution in [-0.4, -0.2) is 22.8 Å². The van der Waals surface area contributed by atoms with Gasteiger partial charge < -0.3 is 4.74 Å². The molecule has 0 amide bonds. The summed E-state index contributed by atoms with van der Waals surface area (Å²) in [5.74, 6) is 5.80. The molecule has 22 heavy (non-hydrogen) atoms. The van der Waals surface area contributed by atoms with Crippen molar-refractivity contribution in [1.29, 1.82) is 0 Å². The lowest BCUT2D eigenvalue weighted by Gasteiger charge is -2.01. The summed E-state index contributed by atoms with van der Waals surface area (Å²) in [5.41, 5.74) is 2.88. The standard InChI is InChI=1S/C18H14N2O2/c1-2-22-18(21)14-9-11-17-15(12-14)16(19-20-17)10-8-13-6-4-3-5-7-13/h3-7,9,11-12H,2H2,1H3,(H,19,20). The van der Waals surface area contributed by atoms with Crippen molar-refractivity contribution in [1.82, 2.24) is 10.2 Å². The van der Waals surface area contributed by atoms with E-state index in [-0.39, 0.29) is 5.97 Å². The lowest BCUT2D eigenvalue weighted by molar-refractivity contribution is 0.0526. The highest BCUT2D eigenvalue weighted by molar-refractivity contribution is 5.95. The molecule has 4 heteroatoms. The smallest absolute Gasteiger partial charge is 0.338 e. The van der Waals surface area contributed by atoms with E-state index in [0.717, 1.165) is 16.5 Å². The third kappa shape index (κ3) is 2.84. The topological polar surface area (TPSA) is 55.0 Å². The lowest BCUT2D eigenvalue weighted by Crippen LogP contribution is -2.04. The zero-order chi connectivity index (χ0) is 15.4. The van der Waals surface area contributed by atoms with Gasteiger partial charge in [-0.1, -0.05) is 24.1 Å². The molecule has 1 N–H and O–H groups in total. The Kier molecular flexibility index (Phi) is 3.88. The molecule has 0 saturated heterocycles. The van der Waals surface area contributed by atoms with Crippen LogP contribution in [0, 0.1) is 11.8 Å². The summed E-state index contributed by atoms with van der Waals surface area (Å²) in [4.78, 5) is 11.8. The predicted octanol–water partition coefficient (Wildman–Crippen LogP) is 3.14. The number of benzene rings is 2. The number of nitrogens with zero attached hydrogens (tertiary/aromatic N) is 1. The van der Waals surface area contributed by atoms with E-state index in [4.69, 9.17) is 4.74 Å². The Balaban J connectivity index is 1.99. The normalized spacial score (nSPS) is 10.0. The molecule has 2 aromatic carbocycles. The fourth-order valence-corrected chi connectivity index (χ4v) is 2.10. The van der Waals surface area contributed by atoms with Crippen LogP contribution in [0.2, 0.25) is 0 Å². The van der Waals surface area contributed by atoms with Crippen molar-refractivity contribution >= 4 is 16.9 Å². The van der Waals surface area contributed by atoms with Gasteiger partial charge in [0.1, 0.15) is 5.69 Å². The van der Waals surface area contributed by atoms with Gasteiger partial charge in [-0.25, -0.2) is 4.79 Å². The summed E-state index contributed by atoms with van der Waals surface area (Å²) in [5, 5.41) is 7.92. The summed E-state index contributed by atoms with van der Waals surface area (Å²) >= 11 is 0. The first-order valence-electron chi connectivity index (χ1n) is 7.00. The van der Waals surface area contributed by atoms with Gasteiger partial charge in [-0.2, -0.15) is 5.10 Å². The van der Waals surface area contributed by atoms with Crippen molar-refractivity contribution < 1.29 is 9.53 Å². The minimum atomic E-state index is -0.340. The van der Waals surface area contributed by atoms with E-state index in [1.165, 1.54) is 0 Å². The van der Waals surface area contributed by atoms with Crippen LogP contribution in [0.4, 0.5) is 0 Å². The van der Waals surface area contributed by atoms with Gasteiger partial charge in [-0.3, -0.25) is 5.10 Å². The SMILES string of the molecule is CCOC(=O)c1ccc2n[nH]c(C#Cc3ccccc3)c2c1. The predicted molar refractivity (Wildman–Crippen MR) is 84.5 cm³/mol. The summed E-state index contributed by atoms with van der Waals surface area (Å²) < 4.78 is 5.02. The number of carbonyl (C=O) groups is 1. The number of aromatic nitrogens is 2. The van der Waals surface area contributed by atoms with E-state index in [1.54, 1.807) is 25.1 Å². The first kappa shape index (κ1) is 13.9. The second-order valence-electron chi connectivity index (χ2n) is 4.67. The Bertz CT molecular complexity index is 870. The zero-order valence-corrected chi connectivity index (χ0v) is 12.1. The van der Waals surface area contributed by atoms with Gasteiger partial charge in [0.15, 0.2) is 0 Å². The van der Waals surface area contributed by atoms with Crippen molar-refractivity contribution in [2.75, 3.05) is 6.61 Å². The Labute approximate surface area is 128 Å². The van der Waals surface area contributed by atoms with Crippen molar-refractivity contribution in [3.63, 3.8) is 0 Å². The average molecular weight is 290 g/mol. The Hall–Kier alpha value is -3.06. The summed E-state index contributed by atoms with van der Waals surface area (Å²) in [6.45, 7) is 2.13. The van der Waals surface area contributed by atoms with Crippen LogP contribution >= 0.6 is 0 Å². The van der Waals surface area contributed by atoms with Gasteiger partial charge in [0, 0.05) is 10.9 Å². The molecule has 3 rings (SSSR count). The minimum absolute atomic E-state index is 0.340. The molecule has 0 radical (unpaired) electrons. The van der Waals surface area contributed by atoms with E-state index in [1.807, 2.05) is 30.3 Å². The molecular formula is C18H14N2O2. The third-order valence-electron chi connectivity index (χ3n) is 3.17. The van der Waals surface area contributed by atoms with Crippen LogP contribution in [0.25, 0.3) is 10.9 Å². The largest absolute Gasteiger partial charge is 0.462 e. The first-order valence-corrected chi connectivity index (χ1v) is 7.00. The number of aromatic amines is 1. The van der Waals surface area contributed by atoms with Crippen LogP contribution in [-0.2, 0) is 4.74 Å². The maximum Gasteiger partial charge on any atom is 0.338 e. The molecule has 0 unspecified atom stereocenters. The highest BCUT2D eigenvalue weighted by atomic mass is 16.5. The van der Waals surface area contributed by atoms with E-state index in [9.17, 15) is 4.79 Å². The second-order valence-corrected chi connectivity index (χ2v) is 4.67. The van der Waals surface area contributed by atoms with E-state index < -0.39 is 0 Å². The molecule has 0 spiro atoms. The van der Waals surface area contributed by atoms with Gasteiger partial charge in [-0.05, 0) is 43.2 Å². The lowest BCUT2D eigenvalue weighted by atomic mass is 10.1. The maximum atomic E-state index is 11.8. The molecule has 0 aliphatic heterocycles. The summed E-state index contributed by atoms with van der Waals surface area (Å²) in [6.07, 6.45) is 0. The number of carbonyl (C=O) groups excluding carboxylic acids is 1. The van der Waals surface area contributed by atoms with Crippen molar-refractivity contribution in [2.45, 2.75) is 6.92 Å². The number of rotatable bonds is 2. The number of ether oxygens (including phenoxy) is 1. The average Bonchev–Trinajstić information content (AvgIpc) is 2.96. The first-order chi connectivity index (χ1) is 10.8. The van der Waals surface area contributed by atoms with Gasteiger partial charge in [0.2, 0.25) is 0 Å². The molecule has 1 aromatic heterocycles. The third-order valence-corrected chi connectivity index (χ3v) is 3.17. The van der Waals surface area contributed by atoms with Gasteiger partial charge in [-0.15, -0.1) is 0 Å². The van der Waals surface area contributed by atoms with Crippen molar-refractivity contribution in [2.24, 2.45) is 0 Å². The van der Waals surface area contributed by atoms with Crippen LogP contribution in [0.1, 0.15) is 28.5 Å². The Morgan fingerprint density at radius 3 is 2.77 bits per heavy atom. The maximum absolute atomic E-state index is 11.8.